The predicted molar refractivity (Wildman–Crippen MR) is 63.1 cm³/mol. The molecule has 0 aromatic heterocycles. The van der Waals surface area contributed by atoms with E-state index in [1.807, 2.05) is 0 Å². The van der Waals surface area contributed by atoms with E-state index in [2.05, 4.69) is 27.7 Å². The first kappa shape index (κ1) is 13.0. The molecule has 2 heterocycles. The van der Waals surface area contributed by atoms with Crippen LogP contribution in [0.4, 0.5) is 0 Å². The van der Waals surface area contributed by atoms with Crippen LogP contribution in [-0.4, -0.2) is 26.4 Å². The standard InChI is InChI=1S/C7H14O.C6H12O/c1-7(2)3-5-8-6-4-7;1-6(2)3-4-7-5-6/h3-6H2,1-2H3;3-5H2,1-2H3. The van der Waals surface area contributed by atoms with Crippen LogP contribution in [0.2, 0.25) is 0 Å². The largest absolute Gasteiger partial charge is 0.381 e. The predicted octanol–water partition coefficient (Wildman–Crippen LogP) is 3.26. The molecule has 2 aliphatic heterocycles. The molecule has 0 atom stereocenters. The van der Waals surface area contributed by atoms with Crippen molar-refractivity contribution in [2.24, 2.45) is 10.8 Å². The first-order chi connectivity index (χ1) is 6.91. The lowest BCUT2D eigenvalue weighted by molar-refractivity contribution is 0.0327. The van der Waals surface area contributed by atoms with E-state index in [9.17, 15) is 0 Å². The fraction of sp³-hybridized carbons (Fsp3) is 1.00. The van der Waals surface area contributed by atoms with Crippen LogP contribution in [-0.2, 0) is 9.47 Å². The van der Waals surface area contributed by atoms with Crippen molar-refractivity contribution in [3.8, 4) is 0 Å². The topological polar surface area (TPSA) is 18.5 Å². The molecule has 2 aliphatic rings. The van der Waals surface area contributed by atoms with Gasteiger partial charge in [-0.1, -0.05) is 27.7 Å². The molecular formula is C13H26O2. The zero-order valence-electron chi connectivity index (χ0n) is 10.8. The van der Waals surface area contributed by atoms with Crippen LogP contribution in [0.1, 0.15) is 47.0 Å². The Labute approximate surface area is 94.3 Å². The highest BCUT2D eigenvalue weighted by Crippen LogP contribution is 2.27. The maximum Gasteiger partial charge on any atom is 0.0517 e. The highest BCUT2D eigenvalue weighted by Gasteiger charge is 2.23. The molecule has 2 rings (SSSR count). The zero-order valence-corrected chi connectivity index (χ0v) is 10.8. The van der Waals surface area contributed by atoms with Gasteiger partial charge in [-0.05, 0) is 30.1 Å². The minimum Gasteiger partial charge on any atom is -0.381 e. The fourth-order valence-electron chi connectivity index (χ4n) is 1.69. The summed E-state index contributed by atoms with van der Waals surface area (Å²) < 4.78 is 10.4. The lowest BCUT2D eigenvalue weighted by atomic mass is 9.85. The summed E-state index contributed by atoms with van der Waals surface area (Å²) in [6.45, 7) is 12.9. The van der Waals surface area contributed by atoms with Gasteiger partial charge in [0.05, 0.1) is 6.61 Å². The average molecular weight is 214 g/mol. The van der Waals surface area contributed by atoms with Gasteiger partial charge in [0.1, 0.15) is 0 Å². The third-order valence-electron chi connectivity index (χ3n) is 3.26. The summed E-state index contributed by atoms with van der Waals surface area (Å²) in [5.74, 6) is 0. The van der Waals surface area contributed by atoms with Crippen LogP contribution in [0.15, 0.2) is 0 Å². The Hall–Kier alpha value is -0.0800. The van der Waals surface area contributed by atoms with Crippen LogP contribution in [0, 0.1) is 10.8 Å². The molecule has 15 heavy (non-hydrogen) atoms. The monoisotopic (exact) mass is 214 g/mol. The van der Waals surface area contributed by atoms with Crippen molar-refractivity contribution in [3.05, 3.63) is 0 Å². The van der Waals surface area contributed by atoms with Crippen LogP contribution in [0.25, 0.3) is 0 Å². The molecule has 0 spiro atoms. The number of hydrogen-bond acceptors (Lipinski definition) is 2. The van der Waals surface area contributed by atoms with Gasteiger partial charge < -0.3 is 9.47 Å². The number of rotatable bonds is 0. The van der Waals surface area contributed by atoms with E-state index in [4.69, 9.17) is 9.47 Å². The van der Waals surface area contributed by atoms with Crippen molar-refractivity contribution in [2.45, 2.75) is 47.0 Å². The molecule has 0 aromatic rings. The van der Waals surface area contributed by atoms with Gasteiger partial charge in [-0.2, -0.15) is 0 Å². The third kappa shape index (κ3) is 5.53. The Kier molecular flexibility index (Phi) is 4.60. The average Bonchev–Trinajstić information content (AvgIpc) is 2.51. The second kappa shape index (κ2) is 5.31. The molecule has 2 fully saturated rings. The minimum atomic E-state index is 0.472. The zero-order chi connectivity index (χ0) is 11.4. The molecule has 90 valence electrons. The lowest BCUT2D eigenvalue weighted by Gasteiger charge is -2.28. The molecular weight excluding hydrogens is 188 g/mol. The summed E-state index contributed by atoms with van der Waals surface area (Å²) in [7, 11) is 0. The van der Waals surface area contributed by atoms with Gasteiger partial charge in [0, 0.05) is 19.8 Å². The van der Waals surface area contributed by atoms with Gasteiger partial charge in [0.25, 0.3) is 0 Å². The number of hydrogen-bond donors (Lipinski definition) is 0. The molecule has 0 saturated carbocycles. The molecule has 0 radical (unpaired) electrons. The molecule has 2 heteroatoms. The van der Waals surface area contributed by atoms with Crippen molar-refractivity contribution in [1.29, 1.82) is 0 Å². The summed E-state index contributed by atoms with van der Waals surface area (Å²) in [4.78, 5) is 0. The van der Waals surface area contributed by atoms with Crippen molar-refractivity contribution in [3.63, 3.8) is 0 Å². The lowest BCUT2D eigenvalue weighted by Crippen LogP contribution is -2.22. The summed E-state index contributed by atoms with van der Waals surface area (Å²) >= 11 is 0. The second-order valence-corrected chi connectivity index (χ2v) is 6.24. The maximum atomic E-state index is 5.21. The van der Waals surface area contributed by atoms with E-state index >= 15 is 0 Å². The van der Waals surface area contributed by atoms with Gasteiger partial charge in [0.15, 0.2) is 0 Å². The van der Waals surface area contributed by atoms with E-state index < -0.39 is 0 Å². The van der Waals surface area contributed by atoms with E-state index in [-0.39, 0.29) is 0 Å². The third-order valence-corrected chi connectivity index (χ3v) is 3.26. The Balaban J connectivity index is 0.000000151. The molecule has 0 aliphatic carbocycles. The van der Waals surface area contributed by atoms with Crippen molar-refractivity contribution < 1.29 is 9.47 Å². The molecule has 0 N–H and O–H groups in total. The molecule has 2 nitrogen and oxygen atoms in total. The second-order valence-electron chi connectivity index (χ2n) is 6.24. The van der Waals surface area contributed by atoms with Gasteiger partial charge >= 0.3 is 0 Å². The first-order valence-corrected chi connectivity index (χ1v) is 6.07. The normalized spacial score (nSPS) is 28.0. The van der Waals surface area contributed by atoms with Crippen LogP contribution in [0.5, 0.6) is 0 Å². The summed E-state index contributed by atoms with van der Waals surface area (Å²) in [5.41, 5.74) is 1.03. The maximum absolute atomic E-state index is 5.21. The van der Waals surface area contributed by atoms with Crippen molar-refractivity contribution in [2.75, 3.05) is 26.4 Å². The summed E-state index contributed by atoms with van der Waals surface area (Å²) in [5, 5.41) is 0. The van der Waals surface area contributed by atoms with Crippen LogP contribution >= 0.6 is 0 Å². The SMILES string of the molecule is CC1(C)CCOC1.CC1(C)CCOCC1. The van der Waals surface area contributed by atoms with E-state index in [0.717, 1.165) is 26.4 Å². The molecule has 0 unspecified atom stereocenters. The smallest absolute Gasteiger partial charge is 0.0517 e. The highest BCUT2D eigenvalue weighted by molar-refractivity contribution is 4.72. The first-order valence-electron chi connectivity index (χ1n) is 6.07. The quantitative estimate of drug-likeness (QED) is 0.616. The molecule has 0 bridgehead atoms. The summed E-state index contributed by atoms with van der Waals surface area (Å²) in [6, 6.07) is 0. The van der Waals surface area contributed by atoms with Crippen LogP contribution < -0.4 is 0 Å². The van der Waals surface area contributed by atoms with Gasteiger partial charge in [0.2, 0.25) is 0 Å². The Morgan fingerprint density at radius 1 is 0.667 bits per heavy atom. The minimum absolute atomic E-state index is 0.472. The van der Waals surface area contributed by atoms with E-state index in [0.29, 0.717) is 10.8 Å². The number of ether oxygens (including phenoxy) is 2. The van der Waals surface area contributed by atoms with Crippen molar-refractivity contribution in [1.82, 2.24) is 0 Å². The highest BCUT2D eigenvalue weighted by atomic mass is 16.5. The van der Waals surface area contributed by atoms with E-state index in [1.54, 1.807) is 0 Å². The van der Waals surface area contributed by atoms with E-state index in [1.165, 1.54) is 19.3 Å². The Morgan fingerprint density at radius 3 is 1.33 bits per heavy atom. The molecule has 0 amide bonds. The summed E-state index contributed by atoms with van der Waals surface area (Å²) in [6.07, 6.45) is 3.69. The Morgan fingerprint density at radius 2 is 1.13 bits per heavy atom. The van der Waals surface area contributed by atoms with Crippen LogP contribution in [0.3, 0.4) is 0 Å². The molecule has 2 saturated heterocycles. The van der Waals surface area contributed by atoms with Crippen molar-refractivity contribution >= 4 is 0 Å². The molecule has 0 aromatic carbocycles. The fourth-order valence-corrected chi connectivity index (χ4v) is 1.69. The Bertz CT molecular complexity index is 169. The van der Waals surface area contributed by atoms with Gasteiger partial charge in [-0.3, -0.25) is 0 Å². The van der Waals surface area contributed by atoms with Gasteiger partial charge in [-0.25, -0.2) is 0 Å². The van der Waals surface area contributed by atoms with Gasteiger partial charge in [-0.15, -0.1) is 0 Å².